The second-order valence-electron chi connectivity index (χ2n) is 7.54. The molecule has 0 spiro atoms. The molecule has 1 aliphatic rings. The van der Waals surface area contributed by atoms with Crippen LogP contribution in [0.15, 0.2) is 0 Å². The highest BCUT2D eigenvalue weighted by Gasteiger charge is 2.63. The lowest BCUT2D eigenvalue weighted by Gasteiger charge is -2.19. The molecule has 0 heterocycles. The number of carbonyl (C=O) groups is 1. The van der Waals surface area contributed by atoms with E-state index in [1.54, 1.807) is 0 Å². The normalized spacial score (nSPS) is 21.7. The Morgan fingerprint density at radius 1 is 1.17 bits per heavy atom. The third-order valence-electron chi connectivity index (χ3n) is 4.59. The van der Waals surface area contributed by atoms with Gasteiger partial charge >= 0.3 is 5.97 Å². The number of esters is 1. The molecule has 0 atom stereocenters. The van der Waals surface area contributed by atoms with Gasteiger partial charge in [-0.2, -0.15) is 0 Å². The van der Waals surface area contributed by atoms with Crippen LogP contribution in [0.4, 0.5) is 0 Å². The van der Waals surface area contributed by atoms with Gasteiger partial charge in [-0.15, -0.1) is 0 Å². The zero-order valence-electron chi connectivity index (χ0n) is 13.0. The average molecular weight is 255 g/mol. The van der Waals surface area contributed by atoms with E-state index >= 15 is 0 Å². The first-order chi connectivity index (χ1) is 7.98. The fraction of sp³-hybridized carbons (Fsp3) is 0.933. The van der Waals surface area contributed by atoms with Crippen molar-refractivity contribution >= 4 is 5.97 Å². The van der Waals surface area contributed by atoms with Gasteiger partial charge in [-0.05, 0) is 44.1 Å². The van der Waals surface area contributed by atoms with Gasteiger partial charge in [0.15, 0.2) is 0 Å². The molecule has 1 N–H and O–H groups in total. The molecular formula is C15H29NO2. The van der Waals surface area contributed by atoms with E-state index in [-0.39, 0.29) is 11.6 Å². The third-order valence-corrected chi connectivity index (χ3v) is 4.59. The number of carbonyl (C=O) groups excluding carboxylic acids is 1. The first-order valence-corrected chi connectivity index (χ1v) is 6.91. The van der Waals surface area contributed by atoms with Crippen molar-refractivity contribution in [2.24, 2.45) is 16.7 Å². The van der Waals surface area contributed by atoms with Crippen molar-refractivity contribution < 1.29 is 9.53 Å². The van der Waals surface area contributed by atoms with Crippen molar-refractivity contribution in [2.45, 2.75) is 60.5 Å². The van der Waals surface area contributed by atoms with E-state index < -0.39 is 0 Å². The second-order valence-corrected chi connectivity index (χ2v) is 7.54. The van der Waals surface area contributed by atoms with Gasteiger partial charge in [0.25, 0.3) is 0 Å². The molecule has 0 bridgehead atoms. The van der Waals surface area contributed by atoms with Crippen molar-refractivity contribution in [3.05, 3.63) is 0 Å². The van der Waals surface area contributed by atoms with Crippen LogP contribution in [0.5, 0.6) is 0 Å². The summed E-state index contributed by atoms with van der Waals surface area (Å²) < 4.78 is 5.26. The van der Waals surface area contributed by atoms with Crippen molar-refractivity contribution in [1.82, 2.24) is 5.32 Å². The zero-order chi connectivity index (χ0) is 14.2. The molecule has 106 valence electrons. The topological polar surface area (TPSA) is 38.3 Å². The van der Waals surface area contributed by atoms with Crippen LogP contribution in [0.2, 0.25) is 0 Å². The SMILES string of the molecule is CC(C)(C)OC(=O)CCNCC1C(C)(C)C1(C)C. The molecule has 0 aromatic rings. The second kappa shape index (κ2) is 4.84. The minimum Gasteiger partial charge on any atom is -0.460 e. The highest BCUT2D eigenvalue weighted by atomic mass is 16.6. The fourth-order valence-electron chi connectivity index (χ4n) is 2.67. The van der Waals surface area contributed by atoms with Crippen LogP contribution in [-0.4, -0.2) is 24.7 Å². The van der Waals surface area contributed by atoms with Gasteiger partial charge in [0, 0.05) is 6.54 Å². The lowest BCUT2D eigenvalue weighted by atomic mass is 10.0. The Kier molecular flexibility index (Phi) is 4.16. The molecule has 0 aliphatic heterocycles. The third kappa shape index (κ3) is 3.47. The Morgan fingerprint density at radius 3 is 2.06 bits per heavy atom. The Balaban J connectivity index is 2.16. The summed E-state index contributed by atoms with van der Waals surface area (Å²) in [6, 6.07) is 0. The summed E-state index contributed by atoms with van der Waals surface area (Å²) in [5.41, 5.74) is 0.440. The number of hydrogen-bond donors (Lipinski definition) is 1. The maximum atomic E-state index is 11.5. The lowest BCUT2D eigenvalue weighted by Crippen LogP contribution is -2.28. The Morgan fingerprint density at radius 2 is 1.67 bits per heavy atom. The van der Waals surface area contributed by atoms with Crippen LogP contribution in [-0.2, 0) is 9.53 Å². The van der Waals surface area contributed by atoms with Crippen molar-refractivity contribution in [3.63, 3.8) is 0 Å². The van der Waals surface area contributed by atoms with Crippen molar-refractivity contribution in [2.75, 3.05) is 13.1 Å². The quantitative estimate of drug-likeness (QED) is 0.606. The molecular weight excluding hydrogens is 226 g/mol. The van der Waals surface area contributed by atoms with Crippen molar-refractivity contribution in [3.8, 4) is 0 Å². The van der Waals surface area contributed by atoms with Crippen LogP contribution in [0.1, 0.15) is 54.9 Å². The smallest absolute Gasteiger partial charge is 0.307 e. The minimum atomic E-state index is -0.377. The zero-order valence-corrected chi connectivity index (χ0v) is 13.0. The lowest BCUT2D eigenvalue weighted by molar-refractivity contribution is -0.154. The highest BCUT2D eigenvalue weighted by Crippen LogP contribution is 2.67. The summed E-state index contributed by atoms with van der Waals surface area (Å²) in [6.45, 7) is 16.6. The number of rotatable bonds is 5. The molecule has 3 nitrogen and oxygen atoms in total. The van der Waals surface area contributed by atoms with E-state index in [0.29, 0.717) is 29.7 Å². The minimum absolute atomic E-state index is 0.121. The van der Waals surface area contributed by atoms with E-state index in [1.807, 2.05) is 20.8 Å². The molecule has 3 heteroatoms. The molecule has 0 aromatic carbocycles. The molecule has 1 aliphatic carbocycles. The van der Waals surface area contributed by atoms with E-state index in [9.17, 15) is 4.79 Å². The monoisotopic (exact) mass is 255 g/mol. The molecule has 18 heavy (non-hydrogen) atoms. The molecule has 1 fully saturated rings. The standard InChI is InChI=1S/C15H29NO2/c1-13(2,3)18-12(17)8-9-16-10-11-14(4,5)15(11,6)7/h11,16H,8-10H2,1-7H3. The summed E-state index contributed by atoms with van der Waals surface area (Å²) in [6.07, 6.45) is 0.449. The highest BCUT2D eigenvalue weighted by molar-refractivity contribution is 5.70. The van der Waals surface area contributed by atoms with Gasteiger partial charge in [-0.3, -0.25) is 4.79 Å². The molecule has 0 saturated heterocycles. The maximum Gasteiger partial charge on any atom is 0.307 e. The number of hydrogen-bond acceptors (Lipinski definition) is 3. The first-order valence-electron chi connectivity index (χ1n) is 6.91. The molecule has 1 saturated carbocycles. The predicted molar refractivity (Wildman–Crippen MR) is 74.4 cm³/mol. The van der Waals surface area contributed by atoms with Gasteiger partial charge in [0.2, 0.25) is 0 Å². The Labute approximate surface area is 112 Å². The predicted octanol–water partition coefficient (Wildman–Crippen LogP) is 2.99. The van der Waals surface area contributed by atoms with E-state index in [2.05, 4.69) is 33.0 Å². The average Bonchev–Trinajstić information content (AvgIpc) is 2.50. The van der Waals surface area contributed by atoms with Gasteiger partial charge in [-0.25, -0.2) is 0 Å². The molecule has 0 radical (unpaired) electrons. The van der Waals surface area contributed by atoms with E-state index in [1.165, 1.54) is 0 Å². The number of ether oxygens (including phenoxy) is 1. The maximum absolute atomic E-state index is 11.5. The van der Waals surface area contributed by atoms with Gasteiger partial charge in [-0.1, -0.05) is 27.7 Å². The summed E-state index contributed by atoms with van der Waals surface area (Å²) in [4.78, 5) is 11.5. The fourth-order valence-corrected chi connectivity index (χ4v) is 2.67. The van der Waals surface area contributed by atoms with Gasteiger partial charge < -0.3 is 10.1 Å². The molecule has 1 rings (SSSR count). The number of nitrogens with one attached hydrogen (secondary N) is 1. The van der Waals surface area contributed by atoms with Gasteiger partial charge in [0.1, 0.15) is 5.60 Å². The van der Waals surface area contributed by atoms with Crippen LogP contribution < -0.4 is 5.32 Å². The van der Waals surface area contributed by atoms with E-state index in [0.717, 1.165) is 6.54 Å². The first kappa shape index (κ1) is 15.5. The van der Waals surface area contributed by atoms with Crippen LogP contribution in [0.3, 0.4) is 0 Å². The van der Waals surface area contributed by atoms with Gasteiger partial charge in [0.05, 0.1) is 6.42 Å². The van der Waals surface area contributed by atoms with E-state index in [4.69, 9.17) is 4.74 Å². The summed E-state index contributed by atoms with van der Waals surface area (Å²) in [7, 11) is 0. The summed E-state index contributed by atoms with van der Waals surface area (Å²) >= 11 is 0. The molecule has 0 unspecified atom stereocenters. The Hall–Kier alpha value is -0.570. The van der Waals surface area contributed by atoms with Crippen LogP contribution in [0.25, 0.3) is 0 Å². The summed E-state index contributed by atoms with van der Waals surface area (Å²) in [5, 5.41) is 3.37. The Bertz CT molecular complexity index is 299. The van der Waals surface area contributed by atoms with Crippen LogP contribution >= 0.6 is 0 Å². The molecule has 0 aromatic heterocycles. The largest absolute Gasteiger partial charge is 0.460 e. The summed E-state index contributed by atoms with van der Waals surface area (Å²) in [5.74, 6) is 0.577. The van der Waals surface area contributed by atoms with Crippen LogP contribution in [0, 0.1) is 16.7 Å². The molecule has 0 amide bonds. The van der Waals surface area contributed by atoms with Crippen molar-refractivity contribution in [1.29, 1.82) is 0 Å².